The summed E-state index contributed by atoms with van der Waals surface area (Å²) < 4.78 is 5.40. The molecule has 1 N–H and O–H groups in total. The maximum absolute atomic E-state index is 11.0. The lowest BCUT2D eigenvalue weighted by molar-refractivity contribution is -0.130. The van der Waals surface area contributed by atoms with E-state index in [9.17, 15) is 4.79 Å². The molecule has 0 bridgehead atoms. The summed E-state index contributed by atoms with van der Waals surface area (Å²) in [5.74, 6) is 0.0352. The summed E-state index contributed by atoms with van der Waals surface area (Å²) in [6, 6.07) is 0. The van der Waals surface area contributed by atoms with E-state index in [0.29, 0.717) is 6.42 Å². The first-order chi connectivity index (χ1) is 5.86. The summed E-state index contributed by atoms with van der Waals surface area (Å²) in [5, 5.41) is 1.75. The largest absolute Gasteiger partial charge is 0.357 e. The average Bonchev–Trinajstić information content (AvgIpc) is 2.56. The normalized spacial score (nSPS) is 29.2. The molecule has 2 heterocycles. The van der Waals surface area contributed by atoms with E-state index in [1.54, 1.807) is 5.01 Å². The second-order valence-corrected chi connectivity index (χ2v) is 3.00. The first-order valence-electron chi connectivity index (χ1n) is 4.22. The Kier molecular flexibility index (Phi) is 1.99. The molecule has 0 spiro atoms. The van der Waals surface area contributed by atoms with Crippen LogP contribution in [0.5, 0.6) is 0 Å². The van der Waals surface area contributed by atoms with Crippen LogP contribution in [-0.4, -0.2) is 23.8 Å². The lowest BCUT2D eigenvalue weighted by atomic mass is 10.3. The number of carbonyl (C=O) groups is 1. The summed E-state index contributed by atoms with van der Waals surface area (Å²) in [5.41, 5.74) is 2.74. The Hall–Kier alpha value is -1.03. The van der Waals surface area contributed by atoms with Gasteiger partial charge in [0.2, 0.25) is 5.91 Å². The Bertz CT molecular complexity index is 209. The zero-order valence-corrected chi connectivity index (χ0v) is 6.82. The average molecular weight is 168 g/mol. The molecule has 1 fully saturated rings. The van der Waals surface area contributed by atoms with E-state index in [-0.39, 0.29) is 12.1 Å². The van der Waals surface area contributed by atoms with Crippen molar-refractivity contribution < 1.29 is 9.53 Å². The van der Waals surface area contributed by atoms with E-state index in [0.717, 1.165) is 19.4 Å². The van der Waals surface area contributed by atoms with E-state index in [1.807, 2.05) is 12.3 Å². The molecular weight excluding hydrogens is 156 g/mol. The molecule has 12 heavy (non-hydrogen) atoms. The van der Waals surface area contributed by atoms with Crippen LogP contribution < -0.4 is 5.43 Å². The molecule has 0 aliphatic carbocycles. The predicted octanol–water partition coefficient (Wildman–Crippen LogP) is 0.373. The van der Waals surface area contributed by atoms with Crippen LogP contribution in [0, 0.1) is 0 Å². The number of hydrogen-bond acceptors (Lipinski definition) is 3. The van der Waals surface area contributed by atoms with Gasteiger partial charge in [-0.2, -0.15) is 0 Å². The van der Waals surface area contributed by atoms with Gasteiger partial charge in [-0.15, -0.1) is 0 Å². The Morgan fingerprint density at radius 3 is 3.25 bits per heavy atom. The molecule has 0 radical (unpaired) electrons. The lowest BCUT2D eigenvalue weighted by Crippen LogP contribution is -2.46. The molecule has 2 aliphatic rings. The van der Waals surface area contributed by atoms with Gasteiger partial charge in [0.15, 0.2) is 0 Å². The summed E-state index contributed by atoms with van der Waals surface area (Å²) >= 11 is 0. The van der Waals surface area contributed by atoms with Gasteiger partial charge in [0.05, 0.1) is 0 Å². The van der Waals surface area contributed by atoms with Gasteiger partial charge in [0.25, 0.3) is 0 Å². The minimum Gasteiger partial charge on any atom is -0.357 e. The molecular formula is C8H12N2O2. The van der Waals surface area contributed by atoms with Crippen LogP contribution >= 0.6 is 0 Å². The smallest absolute Gasteiger partial charge is 0.242 e. The topological polar surface area (TPSA) is 41.6 Å². The van der Waals surface area contributed by atoms with Crippen molar-refractivity contribution in [1.29, 1.82) is 0 Å². The Labute approximate surface area is 71.1 Å². The number of ether oxygens (including phenoxy) is 1. The van der Waals surface area contributed by atoms with Crippen molar-refractivity contribution in [3.63, 3.8) is 0 Å². The standard InChI is InChI=1S/C8H12N2O2/c11-7-3-1-5-10(9-7)8-4-2-6-12-8/h1,5,8H,2-4,6H2,(H,9,11). The molecule has 0 aromatic heterocycles. The van der Waals surface area contributed by atoms with Crippen molar-refractivity contribution in [3.05, 3.63) is 12.3 Å². The van der Waals surface area contributed by atoms with Crippen molar-refractivity contribution in [2.45, 2.75) is 25.5 Å². The second-order valence-electron chi connectivity index (χ2n) is 3.00. The predicted molar refractivity (Wildman–Crippen MR) is 42.7 cm³/mol. The van der Waals surface area contributed by atoms with Crippen LogP contribution in [0.4, 0.5) is 0 Å². The van der Waals surface area contributed by atoms with Crippen molar-refractivity contribution in [1.82, 2.24) is 10.4 Å². The van der Waals surface area contributed by atoms with Crippen molar-refractivity contribution >= 4 is 5.91 Å². The minimum absolute atomic E-state index is 0.0352. The third kappa shape index (κ3) is 1.43. The van der Waals surface area contributed by atoms with Gasteiger partial charge in [0.1, 0.15) is 6.23 Å². The number of hydrazine groups is 1. The third-order valence-electron chi connectivity index (χ3n) is 2.04. The zero-order chi connectivity index (χ0) is 8.39. The number of amides is 1. The summed E-state index contributed by atoms with van der Waals surface area (Å²) in [4.78, 5) is 11.0. The highest BCUT2D eigenvalue weighted by Crippen LogP contribution is 2.16. The van der Waals surface area contributed by atoms with Crippen molar-refractivity contribution in [2.75, 3.05) is 6.61 Å². The van der Waals surface area contributed by atoms with Gasteiger partial charge in [-0.05, 0) is 12.8 Å². The highest BCUT2D eigenvalue weighted by atomic mass is 16.5. The molecule has 1 unspecified atom stereocenters. The zero-order valence-electron chi connectivity index (χ0n) is 6.82. The van der Waals surface area contributed by atoms with Crippen LogP contribution in [0.25, 0.3) is 0 Å². The molecule has 4 heteroatoms. The maximum atomic E-state index is 11.0. The van der Waals surface area contributed by atoms with Crippen molar-refractivity contribution in [2.24, 2.45) is 0 Å². The molecule has 2 rings (SSSR count). The Balaban J connectivity index is 1.98. The van der Waals surface area contributed by atoms with Gasteiger partial charge >= 0.3 is 0 Å². The molecule has 1 saturated heterocycles. The van der Waals surface area contributed by atoms with Gasteiger partial charge in [-0.3, -0.25) is 15.2 Å². The molecule has 1 amide bonds. The molecule has 0 saturated carbocycles. The Morgan fingerprint density at radius 2 is 2.58 bits per heavy atom. The number of rotatable bonds is 1. The molecule has 2 aliphatic heterocycles. The fourth-order valence-electron chi connectivity index (χ4n) is 1.45. The molecule has 0 aromatic rings. The summed E-state index contributed by atoms with van der Waals surface area (Å²) in [6.07, 6.45) is 6.31. The van der Waals surface area contributed by atoms with Crippen molar-refractivity contribution in [3.8, 4) is 0 Å². The molecule has 4 nitrogen and oxygen atoms in total. The van der Waals surface area contributed by atoms with Crippen LogP contribution in [0.2, 0.25) is 0 Å². The SMILES string of the molecule is O=C1CC=CN(C2CCCO2)N1. The first-order valence-corrected chi connectivity index (χ1v) is 4.22. The lowest BCUT2D eigenvalue weighted by Gasteiger charge is -2.28. The van der Waals surface area contributed by atoms with E-state index >= 15 is 0 Å². The van der Waals surface area contributed by atoms with E-state index in [1.165, 1.54) is 0 Å². The van der Waals surface area contributed by atoms with Crippen LogP contribution in [0.15, 0.2) is 12.3 Å². The number of nitrogens with one attached hydrogen (secondary N) is 1. The van der Waals surface area contributed by atoms with E-state index < -0.39 is 0 Å². The molecule has 66 valence electrons. The first kappa shape index (κ1) is 7.61. The van der Waals surface area contributed by atoms with Crippen LogP contribution in [0.1, 0.15) is 19.3 Å². The van der Waals surface area contributed by atoms with Gasteiger partial charge in [-0.25, -0.2) is 0 Å². The third-order valence-corrected chi connectivity index (χ3v) is 2.04. The monoisotopic (exact) mass is 168 g/mol. The second kappa shape index (κ2) is 3.15. The van der Waals surface area contributed by atoms with Gasteiger partial charge in [-0.1, -0.05) is 6.08 Å². The highest BCUT2D eigenvalue weighted by molar-refractivity contribution is 5.77. The number of carbonyl (C=O) groups excluding carboxylic acids is 1. The summed E-state index contributed by atoms with van der Waals surface area (Å²) in [7, 11) is 0. The minimum atomic E-state index is 0.0352. The van der Waals surface area contributed by atoms with E-state index in [4.69, 9.17) is 4.74 Å². The summed E-state index contributed by atoms with van der Waals surface area (Å²) in [6.45, 7) is 0.797. The number of nitrogens with zero attached hydrogens (tertiary/aromatic N) is 1. The maximum Gasteiger partial charge on any atom is 0.242 e. The molecule has 1 atom stereocenters. The van der Waals surface area contributed by atoms with Crippen LogP contribution in [-0.2, 0) is 9.53 Å². The van der Waals surface area contributed by atoms with E-state index in [2.05, 4.69) is 5.43 Å². The Morgan fingerprint density at radius 1 is 1.67 bits per heavy atom. The molecule has 0 aromatic carbocycles. The van der Waals surface area contributed by atoms with Gasteiger partial charge in [0, 0.05) is 19.2 Å². The number of hydrogen-bond donors (Lipinski definition) is 1. The van der Waals surface area contributed by atoms with Gasteiger partial charge < -0.3 is 4.74 Å². The fourth-order valence-corrected chi connectivity index (χ4v) is 1.45. The highest BCUT2D eigenvalue weighted by Gasteiger charge is 2.23. The quantitative estimate of drug-likeness (QED) is 0.615. The van der Waals surface area contributed by atoms with Crippen LogP contribution in [0.3, 0.4) is 0 Å². The fraction of sp³-hybridized carbons (Fsp3) is 0.625.